The lowest BCUT2D eigenvalue weighted by molar-refractivity contribution is -0.139. The first-order valence-electron chi connectivity index (χ1n) is 9.69. The molecule has 1 aliphatic carbocycles. The van der Waals surface area contributed by atoms with Crippen LogP contribution in [0.25, 0.3) is 0 Å². The second kappa shape index (κ2) is 7.35. The van der Waals surface area contributed by atoms with E-state index in [1.165, 1.54) is 25.0 Å². The van der Waals surface area contributed by atoms with Crippen LogP contribution in [-0.4, -0.2) is 53.8 Å². The van der Waals surface area contributed by atoms with Crippen molar-refractivity contribution in [2.75, 3.05) is 26.2 Å². The van der Waals surface area contributed by atoms with Crippen LogP contribution < -0.4 is 5.32 Å². The molecule has 26 heavy (non-hydrogen) atoms. The number of nitrogens with zero attached hydrogens (tertiary/aromatic N) is 2. The van der Waals surface area contributed by atoms with Gasteiger partial charge in [0.1, 0.15) is 5.82 Å². The molecule has 0 bridgehead atoms. The Morgan fingerprint density at radius 1 is 1.23 bits per heavy atom. The molecule has 2 heterocycles. The van der Waals surface area contributed by atoms with E-state index in [1.54, 1.807) is 6.07 Å². The molecule has 4 rings (SSSR count). The fraction of sp³-hybridized carbons (Fsp3) is 0.600. The van der Waals surface area contributed by atoms with E-state index in [-0.39, 0.29) is 29.6 Å². The first kappa shape index (κ1) is 17.5. The minimum atomic E-state index is -0.288. The van der Waals surface area contributed by atoms with Gasteiger partial charge in [-0.25, -0.2) is 4.39 Å². The maximum Gasteiger partial charge on any atom is 0.228 e. The topological polar surface area (TPSA) is 52.7 Å². The lowest BCUT2D eigenvalue weighted by Crippen LogP contribution is -2.51. The van der Waals surface area contributed by atoms with E-state index in [1.807, 2.05) is 15.9 Å². The maximum absolute atomic E-state index is 13.7. The monoisotopic (exact) mass is 359 g/mol. The molecule has 2 unspecified atom stereocenters. The Morgan fingerprint density at radius 3 is 2.81 bits per heavy atom. The molecule has 3 fully saturated rings. The Morgan fingerprint density at radius 2 is 2.04 bits per heavy atom. The number of carbonyl (C=O) groups is 2. The van der Waals surface area contributed by atoms with Crippen molar-refractivity contribution >= 4 is 11.8 Å². The van der Waals surface area contributed by atoms with E-state index in [4.69, 9.17) is 0 Å². The quantitative estimate of drug-likeness (QED) is 0.899. The van der Waals surface area contributed by atoms with Crippen LogP contribution in [0.4, 0.5) is 4.39 Å². The van der Waals surface area contributed by atoms with Crippen LogP contribution in [0.3, 0.4) is 0 Å². The largest absolute Gasteiger partial charge is 0.339 e. The van der Waals surface area contributed by atoms with Crippen LogP contribution >= 0.6 is 0 Å². The summed E-state index contributed by atoms with van der Waals surface area (Å²) in [6, 6.07) is 6.61. The van der Waals surface area contributed by atoms with Gasteiger partial charge in [-0.3, -0.25) is 9.59 Å². The Hall–Kier alpha value is -1.95. The van der Waals surface area contributed by atoms with Crippen LogP contribution in [0.2, 0.25) is 0 Å². The molecule has 2 atom stereocenters. The highest BCUT2D eigenvalue weighted by molar-refractivity contribution is 5.89. The number of likely N-dealkylation sites (tertiary alicyclic amines) is 1. The van der Waals surface area contributed by atoms with Gasteiger partial charge in [0, 0.05) is 38.6 Å². The molecule has 140 valence electrons. The van der Waals surface area contributed by atoms with Crippen LogP contribution in [-0.2, 0) is 9.59 Å². The van der Waals surface area contributed by atoms with Crippen molar-refractivity contribution in [2.24, 2.45) is 5.92 Å². The van der Waals surface area contributed by atoms with Crippen molar-refractivity contribution in [3.05, 3.63) is 35.6 Å². The Balaban J connectivity index is 1.49. The second-order valence-corrected chi connectivity index (χ2v) is 7.69. The minimum absolute atomic E-state index is 0.0367. The molecular formula is C20H26FN3O2. The van der Waals surface area contributed by atoms with Crippen molar-refractivity contribution in [3.63, 3.8) is 0 Å². The average Bonchev–Trinajstić information content (AvgIpc) is 3.30. The number of rotatable bonds is 3. The molecule has 3 aliphatic rings. The first-order valence-corrected chi connectivity index (χ1v) is 9.69. The second-order valence-electron chi connectivity index (χ2n) is 7.69. The van der Waals surface area contributed by atoms with E-state index in [9.17, 15) is 14.0 Å². The van der Waals surface area contributed by atoms with Crippen molar-refractivity contribution in [1.29, 1.82) is 0 Å². The summed E-state index contributed by atoms with van der Waals surface area (Å²) in [6.07, 6.45) is 4.78. The first-order chi connectivity index (χ1) is 12.6. The van der Waals surface area contributed by atoms with Crippen molar-refractivity contribution in [1.82, 2.24) is 15.1 Å². The highest BCUT2D eigenvalue weighted by Crippen LogP contribution is 2.32. The summed E-state index contributed by atoms with van der Waals surface area (Å²) in [6.45, 7) is 2.48. The van der Waals surface area contributed by atoms with Crippen LogP contribution in [0.15, 0.2) is 24.3 Å². The van der Waals surface area contributed by atoms with Gasteiger partial charge in [0.2, 0.25) is 11.8 Å². The molecule has 5 nitrogen and oxygen atoms in total. The molecule has 1 N–H and O–H groups in total. The van der Waals surface area contributed by atoms with Crippen molar-refractivity contribution in [2.45, 2.75) is 44.2 Å². The summed E-state index contributed by atoms with van der Waals surface area (Å²) < 4.78 is 13.7. The predicted molar refractivity (Wildman–Crippen MR) is 95.8 cm³/mol. The van der Waals surface area contributed by atoms with Gasteiger partial charge in [0.25, 0.3) is 0 Å². The van der Waals surface area contributed by atoms with E-state index < -0.39 is 0 Å². The molecule has 2 saturated heterocycles. The SMILES string of the molecule is O=C1CC(C(=O)N2CCNCC2c2cccc(F)c2)CN1C1CCCC1. The molecule has 0 radical (unpaired) electrons. The normalized spacial score (nSPS) is 27.3. The average molecular weight is 359 g/mol. The van der Waals surface area contributed by atoms with E-state index in [0.29, 0.717) is 32.1 Å². The number of piperazine rings is 1. The van der Waals surface area contributed by atoms with Gasteiger partial charge in [-0.05, 0) is 30.5 Å². The summed E-state index contributed by atoms with van der Waals surface area (Å²) in [4.78, 5) is 29.4. The summed E-state index contributed by atoms with van der Waals surface area (Å²) in [5.74, 6) is -0.400. The molecule has 6 heteroatoms. The number of nitrogens with one attached hydrogen (secondary N) is 1. The van der Waals surface area contributed by atoms with Crippen molar-refractivity contribution < 1.29 is 14.0 Å². The Kier molecular flexibility index (Phi) is 4.94. The van der Waals surface area contributed by atoms with Gasteiger partial charge in [0.15, 0.2) is 0 Å². The molecule has 1 saturated carbocycles. The number of carbonyl (C=O) groups excluding carboxylic acids is 2. The van der Waals surface area contributed by atoms with Gasteiger partial charge >= 0.3 is 0 Å². The van der Waals surface area contributed by atoms with Gasteiger partial charge in [-0.2, -0.15) is 0 Å². The third-order valence-corrected chi connectivity index (χ3v) is 6.03. The number of hydrogen-bond donors (Lipinski definition) is 1. The Bertz CT molecular complexity index is 689. The highest BCUT2D eigenvalue weighted by Gasteiger charge is 2.41. The lowest BCUT2D eigenvalue weighted by Gasteiger charge is -2.38. The van der Waals surface area contributed by atoms with Crippen LogP contribution in [0.1, 0.15) is 43.7 Å². The zero-order chi connectivity index (χ0) is 18.1. The maximum atomic E-state index is 13.7. The smallest absolute Gasteiger partial charge is 0.228 e. The summed E-state index contributed by atoms with van der Waals surface area (Å²) in [5.41, 5.74) is 0.808. The molecule has 1 aromatic carbocycles. The molecule has 2 amide bonds. The molecule has 0 spiro atoms. The van der Waals surface area contributed by atoms with Gasteiger partial charge < -0.3 is 15.1 Å². The molecular weight excluding hydrogens is 333 g/mol. The standard InChI is InChI=1S/C20H26FN3O2/c21-16-5-3-4-14(10-16)18-12-22-8-9-23(18)20(26)15-11-19(25)24(13-15)17-6-1-2-7-17/h3-5,10,15,17-18,22H,1-2,6-9,11-13H2. The van der Waals surface area contributed by atoms with E-state index >= 15 is 0 Å². The van der Waals surface area contributed by atoms with Gasteiger partial charge in [0.05, 0.1) is 12.0 Å². The fourth-order valence-corrected chi connectivity index (χ4v) is 4.68. The Labute approximate surface area is 153 Å². The number of amides is 2. The predicted octanol–water partition coefficient (Wildman–Crippen LogP) is 2.09. The third-order valence-electron chi connectivity index (χ3n) is 6.03. The summed E-state index contributed by atoms with van der Waals surface area (Å²) >= 11 is 0. The number of hydrogen-bond acceptors (Lipinski definition) is 3. The zero-order valence-corrected chi connectivity index (χ0v) is 15.0. The molecule has 1 aromatic rings. The fourth-order valence-electron chi connectivity index (χ4n) is 4.68. The van der Waals surface area contributed by atoms with E-state index in [0.717, 1.165) is 24.9 Å². The summed E-state index contributed by atoms with van der Waals surface area (Å²) in [7, 11) is 0. The van der Waals surface area contributed by atoms with Gasteiger partial charge in [-0.1, -0.05) is 25.0 Å². The van der Waals surface area contributed by atoms with Crippen LogP contribution in [0.5, 0.6) is 0 Å². The number of halogens is 1. The molecule has 2 aliphatic heterocycles. The summed E-state index contributed by atoms with van der Waals surface area (Å²) in [5, 5.41) is 3.30. The van der Waals surface area contributed by atoms with Gasteiger partial charge in [-0.15, -0.1) is 0 Å². The van der Waals surface area contributed by atoms with Crippen molar-refractivity contribution in [3.8, 4) is 0 Å². The van der Waals surface area contributed by atoms with Crippen LogP contribution in [0, 0.1) is 11.7 Å². The lowest BCUT2D eigenvalue weighted by atomic mass is 9.99. The third kappa shape index (κ3) is 3.34. The zero-order valence-electron chi connectivity index (χ0n) is 15.0. The minimum Gasteiger partial charge on any atom is -0.339 e. The number of benzene rings is 1. The van der Waals surface area contributed by atoms with E-state index in [2.05, 4.69) is 5.32 Å². The highest BCUT2D eigenvalue weighted by atomic mass is 19.1. The molecule has 0 aromatic heterocycles.